The number of benzene rings is 2. The first-order chi connectivity index (χ1) is 12.6. The number of ether oxygens (including phenoxy) is 1. The molecule has 6 nitrogen and oxygen atoms in total. The number of amides is 1. The van der Waals surface area contributed by atoms with Crippen molar-refractivity contribution in [3.05, 3.63) is 59.9 Å². The van der Waals surface area contributed by atoms with Crippen LogP contribution < -0.4 is 20.7 Å². The Morgan fingerprint density at radius 2 is 1.93 bits per heavy atom. The number of carbonyl (C=O) groups is 1. The molecule has 27 heavy (non-hydrogen) atoms. The molecule has 2 aromatic carbocycles. The third-order valence-electron chi connectivity index (χ3n) is 3.45. The normalized spacial score (nSPS) is 10.6. The number of hydrogen-bond acceptors (Lipinski definition) is 3. The molecule has 146 valence electrons. The van der Waals surface area contributed by atoms with E-state index in [-0.39, 0.29) is 35.7 Å². The quantitative estimate of drug-likeness (QED) is 0.243. The van der Waals surface area contributed by atoms with Crippen LogP contribution in [0, 0.1) is 5.82 Å². The molecule has 0 aromatic heterocycles. The Labute approximate surface area is 175 Å². The number of nitrogens with one attached hydrogen (secondary N) is 3. The van der Waals surface area contributed by atoms with Crippen molar-refractivity contribution < 1.29 is 13.9 Å². The van der Waals surface area contributed by atoms with Crippen molar-refractivity contribution >= 4 is 41.5 Å². The van der Waals surface area contributed by atoms with Gasteiger partial charge in [0.1, 0.15) is 18.2 Å². The Balaban J connectivity index is 0.00000364. The van der Waals surface area contributed by atoms with Crippen LogP contribution in [0.5, 0.6) is 5.75 Å². The van der Waals surface area contributed by atoms with E-state index in [0.717, 1.165) is 0 Å². The minimum Gasteiger partial charge on any atom is -0.492 e. The van der Waals surface area contributed by atoms with Crippen LogP contribution >= 0.6 is 24.0 Å². The third kappa shape index (κ3) is 8.25. The summed E-state index contributed by atoms with van der Waals surface area (Å²) in [4.78, 5) is 15.2. The van der Waals surface area contributed by atoms with E-state index in [9.17, 15) is 9.18 Å². The molecule has 0 bridgehead atoms. The average molecular weight is 486 g/mol. The topological polar surface area (TPSA) is 74.8 Å². The van der Waals surface area contributed by atoms with Gasteiger partial charge in [-0.2, -0.15) is 0 Å². The molecule has 0 radical (unpaired) electrons. The van der Waals surface area contributed by atoms with E-state index in [1.54, 1.807) is 37.4 Å². The van der Waals surface area contributed by atoms with Gasteiger partial charge < -0.3 is 20.7 Å². The minimum absolute atomic E-state index is 0. The molecule has 0 saturated heterocycles. The highest BCUT2D eigenvalue weighted by Gasteiger charge is 2.03. The lowest BCUT2D eigenvalue weighted by Crippen LogP contribution is -2.39. The highest BCUT2D eigenvalue weighted by Crippen LogP contribution is 2.17. The summed E-state index contributed by atoms with van der Waals surface area (Å²) in [5.74, 6) is 0.836. The zero-order valence-electron chi connectivity index (χ0n) is 15.3. The molecule has 2 rings (SSSR count). The molecule has 0 fully saturated rings. The molecule has 0 saturated carbocycles. The summed E-state index contributed by atoms with van der Waals surface area (Å²) in [5, 5.41) is 8.86. The Morgan fingerprint density at radius 3 is 2.63 bits per heavy atom. The van der Waals surface area contributed by atoms with Crippen molar-refractivity contribution in [2.45, 2.75) is 13.5 Å². The third-order valence-corrected chi connectivity index (χ3v) is 3.45. The Hall–Kier alpha value is -2.36. The standard InChI is InChI=1S/C19H23FN4O2.HI/c1-14(25)24-16-7-5-8-17(12-16)26-11-10-22-19(21-2)23-13-15-6-3-4-9-18(15)20;/h3-9,12H,10-11,13H2,1-2H3,(H,24,25)(H2,21,22,23);1H. The van der Waals surface area contributed by atoms with Gasteiger partial charge >= 0.3 is 0 Å². The summed E-state index contributed by atoms with van der Waals surface area (Å²) in [6.07, 6.45) is 0. The zero-order chi connectivity index (χ0) is 18.8. The molecule has 0 aliphatic heterocycles. The van der Waals surface area contributed by atoms with Crippen LogP contribution in [-0.2, 0) is 11.3 Å². The molecule has 0 unspecified atom stereocenters. The van der Waals surface area contributed by atoms with Gasteiger partial charge in [-0.05, 0) is 18.2 Å². The highest BCUT2D eigenvalue weighted by molar-refractivity contribution is 14.0. The second-order valence-electron chi connectivity index (χ2n) is 5.50. The van der Waals surface area contributed by atoms with Gasteiger partial charge in [-0.15, -0.1) is 24.0 Å². The van der Waals surface area contributed by atoms with E-state index in [1.165, 1.54) is 13.0 Å². The first-order valence-corrected chi connectivity index (χ1v) is 8.27. The number of aliphatic imine (C=N–C) groups is 1. The van der Waals surface area contributed by atoms with Crippen molar-refractivity contribution in [1.29, 1.82) is 0 Å². The summed E-state index contributed by atoms with van der Waals surface area (Å²) < 4.78 is 19.3. The monoisotopic (exact) mass is 486 g/mol. The van der Waals surface area contributed by atoms with Gasteiger partial charge in [0.25, 0.3) is 0 Å². The van der Waals surface area contributed by atoms with Crippen molar-refractivity contribution in [3.8, 4) is 5.75 Å². The number of nitrogens with zero attached hydrogens (tertiary/aromatic N) is 1. The molecule has 1 amide bonds. The van der Waals surface area contributed by atoms with E-state index in [1.807, 2.05) is 12.1 Å². The molecule has 8 heteroatoms. The van der Waals surface area contributed by atoms with E-state index in [4.69, 9.17) is 4.74 Å². The largest absolute Gasteiger partial charge is 0.492 e. The number of anilines is 1. The van der Waals surface area contributed by atoms with Gasteiger partial charge in [-0.25, -0.2) is 4.39 Å². The lowest BCUT2D eigenvalue weighted by molar-refractivity contribution is -0.114. The lowest BCUT2D eigenvalue weighted by Gasteiger charge is -2.13. The SMILES string of the molecule is CN=C(NCCOc1cccc(NC(C)=O)c1)NCc1ccccc1F.I. The summed E-state index contributed by atoms with van der Waals surface area (Å²) >= 11 is 0. The molecule has 2 aromatic rings. The van der Waals surface area contributed by atoms with Crippen LogP contribution in [0.1, 0.15) is 12.5 Å². The maximum Gasteiger partial charge on any atom is 0.221 e. The molecular weight excluding hydrogens is 462 g/mol. The zero-order valence-corrected chi connectivity index (χ0v) is 17.6. The van der Waals surface area contributed by atoms with Gasteiger partial charge in [0.15, 0.2) is 5.96 Å². The van der Waals surface area contributed by atoms with Crippen LogP contribution in [0.4, 0.5) is 10.1 Å². The van der Waals surface area contributed by atoms with E-state index in [2.05, 4.69) is 20.9 Å². The molecule has 0 atom stereocenters. The molecule has 0 aliphatic rings. The van der Waals surface area contributed by atoms with Crippen LogP contribution in [0.25, 0.3) is 0 Å². The first-order valence-electron chi connectivity index (χ1n) is 8.27. The van der Waals surface area contributed by atoms with Gasteiger partial charge in [0.2, 0.25) is 5.91 Å². The summed E-state index contributed by atoms with van der Waals surface area (Å²) in [5.41, 5.74) is 1.26. The average Bonchev–Trinajstić information content (AvgIpc) is 2.62. The van der Waals surface area contributed by atoms with Gasteiger partial charge in [-0.1, -0.05) is 24.3 Å². The van der Waals surface area contributed by atoms with Gasteiger partial charge in [0.05, 0.1) is 6.54 Å². The maximum absolute atomic E-state index is 13.6. The predicted molar refractivity (Wildman–Crippen MR) is 116 cm³/mol. The van der Waals surface area contributed by atoms with Crippen LogP contribution in [0.3, 0.4) is 0 Å². The molecule has 0 spiro atoms. The number of halogens is 2. The fourth-order valence-corrected chi connectivity index (χ4v) is 2.25. The predicted octanol–water partition coefficient (Wildman–Crippen LogP) is 3.15. The molecule has 0 aliphatic carbocycles. The van der Waals surface area contributed by atoms with E-state index >= 15 is 0 Å². The first kappa shape index (κ1) is 22.7. The second-order valence-corrected chi connectivity index (χ2v) is 5.50. The Kier molecular flexibility index (Phi) is 10.2. The van der Waals surface area contributed by atoms with Crippen molar-refractivity contribution in [2.75, 3.05) is 25.5 Å². The van der Waals surface area contributed by atoms with E-state index < -0.39 is 0 Å². The number of hydrogen-bond donors (Lipinski definition) is 3. The Morgan fingerprint density at radius 1 is 1.15 bits per heavy atom. The van der Waals surface area contributed by atoms with Crippen LogP contribution in [0.2, 0.25) is 0 Å². The van der Waals surface area contributed by atoms with Crippen molar-refractivity contribution in [2.24, 2.45) is 4.99 Å². The van der Waals surface area contributed by atoms with Crippen molar-refractivity contribution in [3.63, 3.8) is 0 Å². The Bertz CT molecular complexity index is 771. The van der Waals surface area contributed by atoms with Crippen LogP contribution in [-0.4, -0.2) is 32.1 Å². The number of carbonyl (C=O) groups excluding carboxylic acids is 1. The molecular formula is C19H24FIN4O2. The highest BCUT2D eigenvalue weighted by atomic mass is 127. The van der Waals surface area contributed by atoms with Crippen LogP contribution in [0.15, 0.2) is 53.5 Å². The smallest absolute Gasteiger partial charge is 0.221 e. The fourth-order valence-electron chi connectivity index (χ4n) is 2.25. The summed E-state index contributed by atoms with van der Waals surface area (Å²) in [7, 11) is 1.65. The number of rotatable bonds is 7. The van der Waals surface area contributed by atoms with Crippen molar-refractivity contribution in [1.82, 2.24) is 10.6 Å². The molecule has 0 heterocycles. The second kappa shape index (κ2) is 12.1. The van der Waals surface area contributed by atoms with Gasteiger partial charge in [-0.3, -0.25) is 9.79 Å². The number of guanidine groups is 1. The lowest BCUT2D eigenvalue weighted by atomic mass is 10.2. The maximum atomic E-state index is 13.6. The fraction of sp³-hybridized carbons (Fsp3) is 0.263. The molecule has 3 N–H and O–H groups in total. The minimum atomic E-state index is -0.252. The van der Waals surface area contributed by atoms with E-state index in [0.29, 0.717) is 42.7 Å². The van der Waals surface area contributed by atoms with Gasteiger partial charge in [0, 0.05) is 37.8 Å². The summed E-state index contributed by atoms with van der Waals surface area (Å²) in [6, 6.07) is 13.8. The summed E-state index contributed by atoms with van der Waals surface area (Å²) in [6.45, 7) is 2.72.